The Kier molecular flexibility index (Phi) is 5.33. The molecule has 0 spiro atoms. The Hall–Kier alpha value is -0.890. The van der Waals surface area contributed by atoms with Gasteiger partial charge in [0.25, 0.3) is 0 Å². The molecule has 1 aliphatic carbocycles. The normalized spacial score (nSPS) is 25.9. The van der Waals surface area contributed by atoms with Gasteiger partial charge in [0.05, 0.1) is 6.04 Å². The molecule has 0 aromatic heterocycles. The van der Waals surface area contributed by atoms with Gasteiger partial charge in [0, 0.05) is 19.5 Å². The Balaban J connectivity index is 0.000000245. The second-order valence-electron chi connectivity index (χ2n) is 4.09. The first-order chi connectivity index (χ1) is 7.29. The van der Waals surface area contributed by atoms with Crippen molar-refractivity contribution in [2.75, 3.05) is 13.1 Å². The lowest BCUT2D eigenvalue weighted by atomic mass is 9.91. The molecule has 84 valence electrons. The third-order valence-corrected chi connectivity index (χ3v) is 3.02. The molecular weight excluding hydrogens is 186 g/mol. The third-order valence-electron chi connectivity index (χ3n) is 3.02. The van der Waals surface area contributed by atoms with E-state index in [4.69, 9.17) is 0 Å². The van der Waals surface area contributed by atoms with Crippen molar-refractivity contribution < 1.29 is 4.79 Å². The first-order valence-electron chi connectivity index (χ1n) is 5.80. The Morgan fingerprint density at radius 2 is 1.80 bits per heavy atom. The van der Waals surface area contributed by atoms with Crippen LogP contribution >= 0.6 is 0 Å². The number of carbonyl (C=O) groups excluding carboxylic acids is 1. The van der Waals surface area contributed by atoms with Crippen molar-refractivity contribution in [3.8, 4) is 0 Å². The second-order valence-corrected chi connectivity index (χ2v) is 4.09. The largest absolute Gasteiger partial charge is 0.298 e. The van der Waals surface area contributed by atoms with Gasteiger partial charge >= 0.3 is 0 Å². The zero-order valence-electron chi connectivity index (χ0n) is 9.45. The highest BCUT2D eigenvalue weighted by Crippen LogP contribution is 2.23. The van der Waals surface area contributed by atoms with Gasteiger partial charge in [0.1, 0.15) is 5.78 Å². The summed E-state index contributed by atoms with van der Waals surface area (Å²) in [7, 11) is 0. The number of likely N-dealkylation sites (tertiary alicyclic amines) is 1. The maximum absolute atomic E-state index is 11.4. The van der Waals surface area contributed by atoms with Crippen molar-refractivity contribution in [1.29, 1.82) is 0 Å². The van der Waals surface area contributed by atoms with Crippen molar-refractivity contribution in [2.45, 2.75) is 38.1 Å². The fourth-order valence-corrected chi connectivity index (χ4v) is 2.00. The summed E-state index contributed by atoms with van der Waals surface area (Å²) < 4.78 is 0. The van der Waals surface area contributed by atoms with Gasteiger partial charge in [-0.15, -0.1) is 0 Å². The molecule has 1 unspecified atom stereocenters. The van der Waals surface area contributed by atoms with Crippen LogP contribution in [0.25, 0.3) is 0 Å². The van der Waals surface area contributed by atoms with Crippen molar-refractivity contribution in [1.82, 2.24) is 4.90 Å². The Morgan fingerprint density at radius 3 is 2.20 bits per heavy atom. The summed E-state index contributed by atoms with van der Waals surface area (Å²) in [6.07, 6.45) is 8.92. The molecule has 1 saturated carbocycles. The van der Waals surface area contributed by atoms with Crippen LogP contribution in [0, 0.1) is 0 Å². The minimum Gasteiger partial charge on any atom is -0.298 e. The molecule has 0 radical (unpaired) electrons. The number of rotatable bonds is 2. The molecule has 2 aliphatic rings. The van der Waals surface area contributed by atoms with Crippen LogP contribution in [0.3, 0.4) is 0 Å². The molecule has 2 rings (SSSR count). The third kappa shape index (κ3) is 3.63. The Morgan fingerprint density at radius 1 is 1.13 bits per heavy atom. The van der Waals surface area contributed by atoms with Crippen LogP contribution in [0.5, 0.6) is 0 Å². The van der Waals surface area contributed by atoms with E-state index in [1.54, 1.807) is 12.2 Å². The summed E-state index contributed by atoms with van der Waals surface area (Å²) in [5, 5.41) is 0. The molecular formula is C13H21NO. The van der Waals surface area contributed by atoms with Gasteiger partial charge in [0.15, 0.2) is 0 Å². The summed E-state index contributed by atoms with van der Waals surface area (Å²) in [6, 6.07) is 0.317. The lowest BCUT2D eigenvalue weighted by molar-refractivity contribution is -0.127. The first-order valence-corrected chi connectivity index (χ1v) is 5.80. The van der Waals surface area contributed by atoms with Gasteiger partial charge in [-0.25, -0.2) is 0 Å². The van der Waals surface area contributed by atoms with Crippen molar-refractivity contribution in [3.63, 3.8) is 0 Å². The smallest absolute Gasteiger partial charge is 0.149 e. The lowest BCUT2D eigenvalue weighted by Crippen LogP contribution is -2.50. The fourth-order valence-electron chi connectivity index (χ4n) is 2.00. The van der Waals surface area contributed by atoms with E-state index in [-0.39, 0.29) is 0 Å². The minimum absolute atomic E-state index is 0.317. The summed E-state index contributed by atoms with van der Waals surface area (Å²) in [5.41, 5.74) is 0. The highest BCUT2D eigenvalue weighted by molar-refractivity contribution is 5.84. The fraction of sp³-hybridized carbons (Fsp3) is 0.615. The molecule has 2 heteroatoms. The topological polar surface area (TPSA) is 20.3 Å². The standard InChI is InChI=1S/C9H15NO.C4H6/c11-9-5-2-1-4-8(9)10-6-3-7-10;1-3-4-2/h8H,1-7H2;3-4H,1-2H2. The Bertz CT molecular complexity index is 225. The van der Waals surface area contributed by atoms with E-state index in [0.29, 0.717) is 11.8 Å². The Labute approximate surface area is 92.7 Å². The number of ketones is 1. The van der Waals surface area contributed by atoms with Gasteiger partial charge in [0.2, 0.25) is 0 Å². The summed E-state index contributed by atoms with van der Waals surface area (Å²) in [6.45, 7) is 9.05. The van der Waals surface area contributed by atoms with Crippen molar-refractivity contribution in [3.05, 3.63) is 25.3 Å². The molecule has 0 bridgehead atoms. The van der Waals surface area contributed by atoms with Gasteiger partial charge in [-0.3, -0.25) is 9.69 Å². The highest BCUT2D eigenvalue weighted by Gasteiger charge is 2.30. The minimum atomic E-state index is 0.317. The van der Waals surface area contributed by atoms with Crippen LogP contribution in [0.2, 0.25) is 0 Å². The van der Waals surface area contributed by atoms with E-state index in [9.17, 15) is 4.79 Å². The predicted molar refractivity (Wildman–Crippen MR) is 63.8 cm³/mol. The van der Waals surface area contributed by atoms with Crippen LogP contribution in [-0.4, -0.2) is 29.8 Å². The molecule has 1 atom stereocenters. The SMILES string of the molecule is C=CC=C.O=C1CCCCC1N1CCC1. The number of hydrogen-bond acceptors (Lipinski definition) is 2. The molecule has 0 aromatic carbocycles. The molecule has 1 heterocycles. The van der Waals surface area contributed by atoms with Gasteiger partial charge in [-0.1, -0.05) is 31.7 Å². The van der Waals surface area contributed by atoms with Crippen molar-refractivity contribution in [2.24, 2.45) is 0 Å². The maximum atomic E-state index is 11.4. The molecule has 2 nitrogen and oxygen atoms in total. The van der Waals surface area contributed by atoms with E-state index < -0.39 is 0 Å². The quantitative estimate of drug-likeness (QED) is 0.649. The number of Topliss-reactive ketones (excluding diaryl/α,β-unsaturated/α-hetero) is 1. The van der Waals surface area contributed by atoms with Crippen LogP contribution in [0.15, 0.2) is 25.3 Å². The molecule has 1 aliphatic heterocycles. The van der Waals surface area contributed by atoms with E-state index in [0.717, 1.165) is 32.4 Å². The summed E-state index contributed by atoms with van der Waals surface area (Å²) in [5.74, 6) is 0.496. The molecule has 2 fully saturated rings. The number of carbonyl (C=O) groups is 1. The molecule has 0 N–H and O–H groups in total. The van der Waals surface area contributed by atoms with E-state index in [2.05, 4.69) is 18.1 Å². The maximum Gasteiger partial charge on any atom is 0.149 e. The number of hydrogen-bond donors (Lipinski definition) is 0. The van der Waals surface area contributed by atoms with E-state index in [1.807, 2.05) is 0 Å². The highest BCUT2D eigenvalue weighted by atomic mass is 16.1. The first kappa shape index (κ1) is 12.2. The van der Waals surface area contributed by atoms with Gasteiger partial charge < -0.3 is 0 Å². The number of nitrogens with zero attached hydrogens (tertiary/aromatic N) is 1. The average molecular weight is 207 g/mol. The van der Waals surface area contributed by atoms with Gasteiger partial charge in [-0.2, -0.15) is 0 Å². The van der Waals surface area contributed by atoms with E-state index >= 15 is 0 Å². The van der Waals surface area contributed by atoms with Crippen LogP contribution in [0.1, 0.15) is 32.1 Å². The zero-order valence-corrected chi connectivity index (χ0v) is 9.45. The average Bonchev–Trinajstić information content (AvgIpc) is 2.19. The second kappa shape index (κ2) is 6.57. The molecule has 1 saturated heterocycles. The number of allylic oxidation sites excluding steroid dienone is 2. The predicted octanol–water partition coefficient (Wildman–Crippen LogP) is 2.56. The molecule has 0 amide bonds. The summed E-state index contributed by atoms with van der Waals surface area (Å²) in [4.78, 5) is 13.7. The van der Waals surface area contributed by atoms with Crippen LogP contribution < -0.4 is 0 Å². The molecule has 15 heavy (non-hydrogen) atoms. The van der Waals surface area contributed by atoms with Crippen molar-refractivity contribution >= 4 is 5.78 Å². The van der Waals surface area contributed by atoms with Crippen LogP contribution in [-0.2, 0) is 4.79 Å². The summed E-state index contributed by atoms with van der Waals surface area (Å²) >= 11 is 0. The van der Waals surface area contributed by atoms with Gasteiger partial charge in [-0.05, 0) is 19.3 Å². The van der Waals surface area contributed by atoms with Crippen LogP contribution in [0.4, 0.5) is 0 Å². The lowest BCUT2D eigenvalue weighted by Gasteiger charge is -2.39. The molecule has 0 aromatic rings. The monoisotopic (exact) mass is 207 g/mol. The zero-order chi connectivity index (χ0) is 11.1. The van der Waals surface area contributed by atoms with E-state index in [1.165, 1.54) is 12.8 Å².